The molecule has 0 saturated heterocycles. The molecule has 1 aromatic heterocycles. The highest BCUT2D eigenvalue weighted by Gasteiger charge is 2.42. The fourth-order valence-corrected chi connectivity index (χ4v) is 3.70. The number of amides is 1. The molecule has 0 radical (unpaired) electrons. The van der Waals surface area contributed by atoms with Gasteiger partial charge in [-0.05, 0) is 44.4 Å². The minimum absolute atomic E-state index is 0.0193. The van der Waals surface area contributed by atoms with Crippen molar-refractivity contribution in [1.29, 1.82) is 0 Å². The second-order valence-corrected chi connectivity index (χ2v) is 8.10. The predicted octanol–water partition coefficient (Wildman–Crippen LogP) is 4.51. The van der Waals surface area contributed by atoms with E-state index in [0.717, 1.165) is 0 Å². The number of hydrogen-bond acceptors (Lipinski definition) is 6. The van der Waals surface area contributed by atoms with E-state index in [1.54, 1.807) is 0 Å². The van der Waals surface area contributed by atoms with Gasteiger partial charge < -0.3 is 9.73 Å². The average Bonchev–Trinajstić information content (AvgIpc) is 3.04. The third-order valence-corrected chi connectivity index (χ3v) is 5.46. The first-order chi connectivity index (χ1) is 14.9. The van der Waals surface area contributed by atoms with Crippen LogP contribution in [-0.2, 0) is 20.7 Å². The monoisotopic (exact) mass is 471 g/mol. The quantitative estimate of drug-likeness (QED) is 0.506. The van der Waals surface area contributed by atoms with Gasteiger partial charge >= 0.3 is 12.7 Å². The van der Waals surface area contributed by atoms with Gasteiger partial charge in [0.2, 0.25) is 17.7 Å². The van der Waals surface area contributed by atoms with E-state index in [2.05, 4.69) is 31.6 Å². The second kappa shape index (κ2) is 9.77. The molecule has 2 aliphatic carbocycles. The van der Waals surface area contributed by atoms with Gasteiger partial charge in [-0.3, -0.25) is 14.3 Å². The third-order valence-electron chi connectivity index (χ3n) is 5.46. The van der Waals surface area contributed by atoms with E-state index >= 15 is 0 Å². The molecule has 0 spiro atoms. The molecular weight excluding hydrogens is 448 g/mol. The minimum atomic E-state index is -4.66. The van der Waals surface area contributed by atoms with Crippen LogP contribution < -0.4 is 5.32 Å². The molecule has 2 saturated carbocycles. The van der Waals surface area contributed by atoms with Crippen LogP contribution in [-0.4, -0.2) is 41.0 Å². The zero-order valence-corrected chi connectivity index (χ0v) is 17.0. The fraction of sp³-hybridized carbons (Fsp3) is 0.737. The number of allylic oxidation sites excluding steroid dienone is 1. The first-order valence-electron chi connectivity index (χ1n) is 10.2. The summed E-state index contributed by atoms with van der Waals surface area (Å²) in [6, 6.07) is 0. The Labute approximate surface area is 179 Å². The summed E-state index contributed by atoms with van der Waals surface area (Å²) in [5.41, 5.74) is 0.420. The molecule has 2 fully saturated rings. The molecule has 7 nitrogen and oxygen atoms in total. The molecule has 0 aliphatic heterocycles. The standard InChI is InChI=1S/C19H23F6N3O4/c1-10(26-15(29)4-3-11-6-13(7-11)31-18(20,21)22)2-5-16-27-28-17(30-16)12-8-14(9-12)32-19(23,24)25/h11-14H,1-9H2,(H,26,29)/t11-,12-,13+,14+. The van der Waals surface area contributed by atoms with Crippen molar-refractivity contribution in [3.63, 3.8) is 0 Å². The molecule has 2 aliphatic rings. The molecule has 13 heteroatoms. The second-order valence-electron chi connectivity index (χ2n) is 8.10. The predicted molar refractivity (Wildman–Crippen MR) is 95.7 cm³/mol. The van der Waals surface area contributed by atoms with Crippen LogP contribution in [0.25, 0.3) is 0 Å². The van der Waals surface area contributed by atoms with Gasteiger partial charge in [0.1, 0.15) is 0 Å². The Morgan fingerprint density at radius 2 is 1.59 bits per heavy atom. The average molecular weight is 471 g/mol. The summed E-state index contributed by atoms with van der Waals surface area (Å²) in [5.74, 6) is -0.0118. The SMILES string of the molecule is C=C(CCc1nnc([C@H]2C[C@@H](OC(F)(F)F)C2)o1)NC(=O)CC[C@H]1C[C@@H](OC(F)(F)F)C1. The summed E-state index contributed by atoms with van der Waals surface area (Å²) in [6.07, 6.45) is -8.96. The number of hydrogen-bond donors (Lipinski definition) is 1. The molecule has 0 unspecified atom stereocenters. The van der Waals surface area contributed by atoms with Crippen molar-refractivity contribution < 1.29 is 45.0 Å². The maximum Gasteiger partial charge on any atom is 0.522 e. The first-order valence-corrected chi connectivity index (χ1v) is 10.2. The lowest BCUT2D eigenvalue weighted by Crippen LogP contribution is -2.36. The number of rotatable bonds is 10. The van der Waals surface area contributed by atoms with Crippen molar-refractivity contribution in [1.82, 2.24) is 15.5 Å². The largest absolute Gasteiger partial charge is 0.522 e. The molecule has 3 rings (SSSR count). The Morgan fingerprint density at radius 1 is 1.00 bits per heavy atom. The van der Waals surface area contributed by atoms with Crippen LogP contribution in [0.15, 0.2) is 16.7 Å². The van der Waals surface area contributed by atoms with Crippen molar-refractivity contribution in [2.45, 2.75) is 82.2 Å². The summed E-state index contributed by atoms with van der Waals surface area (Å²) >= 11 is 0. The number of alkyl halides is 6. The first kappa shape index (κ1) is 24.5. The van der Waals surface area contributed by atoms with E-state index in [1.807, 2.05) is 0 Å². The van der Waals surface area contributed by atoms with Crippen LogP contribution in [0.2, 0.25) is 0 Å². The Bertz CT molecular complexity index is 798. The van der Waals surface area contributed by atoms with Crippen LogP contribution in [0, 0.1) is 5.92 Å². The molecule has 0 atom stereocenters. The number of carbonyl (C=O) groups excluding carboxylic acids is 1. The van der Waals surface area contributed by atoms with E-state index in [1.165, 1.54) is 0 Å². The molecule has 0 aromatic carbocycles. The van der Waals surface area contributed by atoms with Gasteiger partial charge in [-0.25, -0.2) is 0 Å². The molecule has 0 bridgehead atoms. The molecule has 1 N–H and O–H groups in total. The van der Waals surface area contributed by atoms with Crippen molar-refractivity contribution in [3.05, 3.63) is 24.1 Å². The Balaban J connectivity index is 1.28. The van der Waals surface area contributed by atoms with E-state index in [9.17, 15) is 31.1 Å². The number of nitrogens with zero attached hydrogens (tertiary/aromatic N) is 2. The number of aryl methyl sites for hydroxylation is 1. The van der Waals surface area contributed by atoms with Crippen molar-refractivity contribution >= 4 is 5.91 Å². The van der Waals surface area contributed by atoms with Gasteiger partial charge in [0, 0.05) is 24.5 Å². The van der Waals surface area contributed by atoms with Gasteiger partial charge in [0.15, 0.2) is 0 Å². The molecule has 1 amide bonds. The van der Waals surface area contributed by atoms with Gasteiger partial charge in [0.25, 0.3) is 0 Å². The van der Waals surface area contributed by atoms with Gasteiger partial charge in [-0.15, -0.1) is 36.5 Å². The maximum absolute atomic E-state index is 12.2. The van der Waals surface area contributed by atoms with Crippen LogP contribution in [0.3, 0.4) is 0 Å². The molecule has 1 heterocycles. The molecule has 180 valence electrons. The topological polar surface area (TPSA) is 86.5 Å². The van der Waals surface area contributed by atoms with E-state index in [-0.39, 0.29) is 61.6 Å². The molecular formula is C19H23F6N3O4. The normalized spacial score (nSPS) is 25.7. The maximum atomic E-state index is 12.2. The van der Waals surface area contributed by atoms with E-state index < -0.39 is 24.9 Å². The van der Waals surface area contributed by atoms with E-state index in [0.29, 0.717) is 25.0 Å². The summed E-state index contributed by atoms with van der Waals surface area (Å²) < 4.78 is 86.0. The van der Waals surface area contributed by atoms with Crippen LogP contribution in [0.4, 0.5) is 26.3 Å². The van der Waals surface area contributed by atoms with Crippen molar-refractivity contribution in [3.8, 4) is 0 Å². The van der Waals surface area contributed by atoms with Gasteiger partial charge in [0.05, 0.1) is 12.2 Å². The zero-order valence-electron chi connectivity index (χ0n) is 17.0. The third kappa shape index (κ3) is 7.76. The highest BCUT2D eigenvalue weighted by molar-refractivity contribution is 5.77. The minimum Gasteiger partial charge on any atom is -0.425 e. The zero-order chi connectivity index (χ0) is 23.5. The Hall–Kier alpha value is -2.15. The number of halogens is 6. The Kier molecular flexibility index (Phi) is 7.48. The lowest BCUT2D eigenvalue weighted by atomic mass is 9.79. The number of ether oxygens (including phenoxy) is 2. The summed E-state index contributed by atoms with van der Waals surface area (Å²) in [7, 11) is 0. The molecule has 1 aromatic rings. The summed E-state index contributed by atoms with van der Waals surface area (Å²) in [6.45, 7) is 3.75. The van der Waals surface area contributed by atoms with Crippen LogP contribution >= 0.6 is 0 Å². The highest BCUT2D eigenvalue weighted by Crippen LogP contribution is 2.41. The smallest absolute Gasteiger partial charge is 0.425 e. The number of carbonyl (C=O) groups is 1. The summed E-state index contributed by atoms with van der Waals surface area (Å²) in [5, 5.41) is 10.3. The van der Waals surface area contributed by atoms with Crippen LogP contribution in [0.1, 0.15) is 62.6 Å². The number of nitrogens with one attached hydrogen (secondary N) is 1. The van der Waals surface area contributed by atoms with Crippen molar-refractivity contribution in [2.24, 2.45) is 5.92 Å². The van der Waals surface area contributed by atoms with Crippen LogP contribution in [0.5, 0.6) is 0 Å². The lowest BCUT2D eigenvalue weighted by molar-refractivity contribution is -0.354. The van der Waals surface area contributed by atoms with E-state index in [4.69, 9.17) is 4.42 Å². The lowest BCUT2D eigenvalue weighted by Gasteiger charge is -2.35. The summed E-state index contributed by atoms with van der Waals surface area (Å²) in [4.78, 5) is 12.0. The number of aromatic nitrogens is 2. The molecule has 32 heavy (non-hydrogen) atoms. The van der Waals surface area contributed by atoms with Crippen molar-refractivity contribution in [2.75, 3.05) is 0 Å². The van der Waals surface area contributed by atoms with Gasteiger partial charge in [-0.1, -0.05) is 6.58 Å². The fourth-order valence-electron chi connectivity index (χ4n) is 3.70. The Morgan fingerprint density at radius 3 is 2.19 bits per heavy atom. The van der Waals surface area contributed by atoms with Gasteiger partial charge in [-0.2, -0.15) is 0 Å². The highest BCUT2D eigenvalue weighted by atomic mass is 19.4.